The van der Waals surface area contributed by atoms with Gasteiger partial charge in [0.15, 0.2) is 0 Å². The van der Waals surface area contributed by atoms with E-state index >= 15 is 0 Å². The summed E-state index contributed by atoms with van der Waals surface area (Å²) >= 11 is 0. The molecule has 0 aliphatic carbocycles. The summed E-state index contributed by atoms with van der Waals surface area (Å²) in [6.45, 7) is 1.07. The van der Waals surface area contributed by atoms with Crippen LogP contribution in [0.3, 0.4) is 0 Å². The molecule has 0 aromatic carbocycles. The Balaban J connectivity index is 2.50. The van der Waals surface area contributed by atoms with Crippen molar-refractivity contribution in [2.75, 3.05) is 26.3 Å². The van der Waals surface area contributed by atoms with Crippen molar-refractivity contribution in [3.8, 4) is 0 Å². The van der Waals surface area contributed by atoms with Crippen LogP contribution in [-0.4, -0.2) is 60.3 Å². The summed E-state index contributed by atoms with van der Waals surface area (Å²) in [5.41, 5.74) is 4.81. The van der Waals surface area contributed by atoms with Crippen LogP contribution < -0.4 is 11.1 Å². The molecule has 0 aromatic rings. The van der Waals surface area contributed by atoms with E-state index in [-0.39, 0.29) is 25.6 Å². The molecular weight excluding hydrogens is 230 g/mol. The summed E-state index contributed by atoms with van der Waals surface area (Å²) in [5, 5.41) is 10.6. The molecule has 0 spiro atoms. The molecule has 96 valence electrons. The molecule has 17 heavy (non-hydrogen) atoms. The number of carbonyl (C=O) groups is 3. The first kappa shape index (κ1) is 13.4. The lowest BCUT2D eigenvalue weighted by molar-refractivity contribution is -0.141. The van der Waals surface area contributed by atoms with Crippen molar-refractivity contribution in [2.45, 2.75) is 12.5 Å². The van der Waals surface area contributed by atoms with Crippen molar-refractivity contribution in [1.82, 2.24) is 10.2 Å². The number of nitrogens with zero attached hydrogens (tertiary/aromatic N) is 1. The smallest absolute Gasteiger partial charge is 0.318 e. The monoisotopic (exact) mass is 245 g/mol. The van der Waals surface area contributed by atoms with Gasteiger partial charge in [-0.2, -0.15) is 0 Å². The molecule has 0 radical (unpaired) electrons. The second-order valence-corrected chi connectivity index (χ2v) is 3.71. The Labute approximate surface area is 97.7 Å². The number of urea groups is 1. The number of amides is 3. The van der Waals surface area contributed by atoms with Gasteiger partial charge in [0, 0.05) is 12.6 Å². The fraction of sp³-hybridized carbons (Fsp3) is 0.667. The quantitative estimate of drug-likeness (QED) is 0.546. The summed E-state index contributed by atoms with van der Waals surface area (Å²) in [4.78, 5) is 34.1. The van der Waals surface area contributed by atoms with Gasteiger partial charge in [-0.15, -0.1) is 0 Å². The first-order valence-electron chi connectivity index (χ1n) is 5.12. The fourth-order valence-electron chi connectivity index (χ4n) is 1.65. The van der Waals surface area contributed by atoms with Gasteiger partial charge >= 0.3 is 12.0 Å². The Morgan fingerprint density at radius 1 is 1.47 bits per heavy atom. The maximum Gasteiger partial charge on any atom is 0.318 e. The third-order valence-electron chi connectivity index (χ3n) is 2.37. The summed E-state index contributed by atoms with van der Waals surface area (Å²) < 4.78 is 5.15. The number of nitrogens with one attached hydrogen (secondary N) is 1. The van der Waals surface area contributed by atoms with Crippen LogP contribution >= 0.6 is 0 Å². The van der Waals surface area contributed by atoms with Gasteiger partial charge in [-0.05, 0) is 0 Å². The van der Waals surface area contributed by atoms with Crippen molar-refractivity contribution in [1.29, 1.82) is 0 Å². The fourth-order valence-corrected chi connectivity index (χ4v) is 1.65. The number of aliphatic carboxylic acids is 1. The van der Waals surface area contributed by atoms with E-state index in [1.807, 2.05) is 5.32 Å². The number of imide groups is 1. The maximum atomic E-state index is 11.3. The van der Waals surface area contributed by atoms with Crippen LogP contribution in [0.1, 0.15) is 6.42 Å². The Morgan fingerprint density at radius 2 is 2.18 bits per heavy atom. The minimum Gasteiger partial charge on any atom is -0.481 e. The van der Waals surface area contributed by atoms with Gasteiger partial charge in [0.25, 0.3) is 0 Å². The highest BCUT2D eigenvalue weighted by Gasteiger charge is 2.26. The zero-order valence-electron chi connectivity index (χ0n) is 9.22. The SMILES string of the molecule is NC(=O)NC(=O)CN1CCOCC1CC(=O)O. The van der Waals surface area contributed by atoms with Crippen LogP contribution in [-0.2, 0) is 14.3 Å². The molecule has 1 atom stereocenters. The average Bonchev–Trinajstić information content (AvgIpc) is 2.18. The van der Waals surface area contributed by atoms with Gasteiger partial charge in [-0.25, -0.2) is 4.79 Å². The average molecular weight is 245 g/mol. The molecule has 1 aliphatic rings. The number of primary amides is 1. The molecule has 1 rings (SSSR count). The van der Waals surface area contributed by atoms with Crippen molar-refractivity contribution < 1.29 is 24.2 Å². The number of carboxylic acid groups (broad SMARTS) is 1. The van der Waals surface area contributed by atoms with Crippen molar-refractivity contribution >= 4 is 17.9 Å². The molecule has 1 saturated heterocycles. The van der Waals surface area contributed by atoms with Crippen LogP contribution in [0.15, 0.2) is 0 Å². The Bertz CT molecular complexity index is 320. The van der Waals surface area contributed by atoms with E-state index in [0.717, 1.165) is 0 Å². The second kappa shape index (κ2) is 6.16. The Hall–Kier alpha value is -1.67. The van der Waals surface area contributed by atoms with E-state index in [9.17, 15) is 14.4 Å². The molecular formula is C9H15N3O5. The molecule has 1 unspecified atom stereocenters. The lowest BCUT2D eigenvalue weighted by Crippen LogP contribution is -2.51. The van der Waals surface area contributed by atoms with Gasteiger partial charge in [0.05, 0.1) is 26.2 Å². The number of ether oxygens (including phenoxy) is 1. The Kier molecular flexibility index (Phi) is 4.85. The van der Waals surface area contributed by atoms with Crippen LogP contribution in [0.5, 0.6) is 0 Å². The number of morpholine rings is 1. The van der Waals surface area contributed by atoms with Crippen molar-refractivity contribution in [3.05, 3.63) is 0 Å². The maximum absolute atomic E-state index is 11.3. The van der Waals surface area contributed by atoms with Gasteiger partial charge in [-0.3, -0.25) is 19.8 Å². The number of rotatable bonds is 4. The van der Waals surface area contributed by atoms with E-state index in [4.69, 9.17) is 15.6 Å². The van der Waals surface area contributed by atoms with E-state index < -0.39 is 17.9 Å². The molecule has 1 aliphatic heterocycles. The van der Waals surface area contributed by atoms with Gasteiger partial charge in [0.2, 0.25) is 5.91 Å². The summed E-state index contributed by atoms with van der Waals surface area (Å²) in [6, 6.07) is -1.28. The minimum atomic E-state index is -0.958. The zero-order valence-corrected chi connectivity index (χ0v) is 9.22. The van der Waals surface area contributed by atoms with E-state index in [2.05, 4.69) is 0 Å². The minimum absolute atomic E-state index is 0.0652. The number of nitrogens with two attached hydrogens (primary N) is 1. The molecule has 1 fully saturated rings. The molecule has 8 heteroatoms. The molecule has 1 heterocycles. The first-order chi connectivity index (χ1) is 7.99. The van der Waals surface area contributed by atoms with Crippen LogP contribution in [0.25, 0.3) is 0 Å². The van der Waals surface area contributed by atoms with Crippen molar-refractivity contribution in [3.63, 3.8) is 0 Å². The van der Waals surface area contributed by atoms with E-state index in [0.29, 0.717) is 13.2 Å². The number of hydrogen-bond donors (Lipinski definition) is 3. The second-order valence-electron chi connectivity index (χ2n) is 3.71. The normalized spacial score (nSPS) is 20.8. The zero-order chi connectivity index (χ0) is 12.8. The first-order valence-corrected chi connectivity index (χ1v) is 5.12. The molecule has 8 nitrogen and oxygen atoms in total. The number of hydrogen-bond acceptors (Lipinski definition) is 5. The van der Waals surface area contributed by atoms with Gasteiger partial charge in [0.1, 0.15) is 0 Å². The Morgan fingerprint density at radius 3 is 2.76 bits per heavy atom. The molecule has 0 bridgehead atoms. The summed E-state index contributed by atoms with van der Waals surface area (Å²) in [7, 11) is 0. The van der Waals surface area contributed by atoms with Crippen LogP contribution in [0.2, 0.25) is 0 Å². The lowest BCUT2D eigenvalue weighted by atomic mass is 10.1. The third-order valence-corrected chi connectivity index (χ3v) is 2.37. The van der Waals surface area contributed by atoms with E-state index in [1.54, 1.807) is 4.90 Å². The van der Waals surface area contributed by atoms with Crippen LogP contribution in [0, 0.1) is 0 Å². The summed E-state index contributed by atoms with van der Waals surface area (Å²) in [6.07, 6.45) is -0.107. The summed E-state index contributed by atoms with van der Waals surface area (Å²) in [5.74, 6) is -1.50. The number of carboxylic acids is 1. The number of carbonyl (C=O) groups excluding carboxylic acids is 2. The van der Waals surface area contributed by atoms with Crippen molar-refractivity contribution in [2.24, 2.45) is 5.73 Å². The van der Waals surface area contributed by atoms with Gasteiger partial charge in [-0.1, -0.05) is 0 Å². The third kappa shape index (κ3) is 4.79. The molecule has 0 saturated carbocycles. The largest absolute Gasteiger partial charge is 0.481 e. The van der Waals surface area contributed by atoms with Gasteiger partial charge < -0.3 is 15.6 Å². The molecule has 0 aromatic heterocycles. The van der Waals surface area contributed by atoms with E-state index in [1.165, 1.54) is 0 Å². The standard InChI is InChI=1S/C9H15N3O5/c10-9(16)11-7(13)4-12-1-2-17-5-6(12)3-8(14)15/h6H,1-5H2,(H,14,15)(H3,10,11,13,16). The molecule has 4 N–H and O–H groups in total. The highest BCUT2D eigenvalue weighted by Crippen LogP contribution is 2.09. The highest BCUT2D eigenvalue weighted by atomic mass is 16.5. The predicted octanol–water partition coefficient (Wildman–Crippen LogP) is -1.64. The van der Waals surface area contributed by atoms with Crippen LogP contribution in [0.4, 0.5) is 4.79 Å². The predicted molar refractivity (Wildman–Crippen MR) is 56.2 cm³/mol. The topological polar surface area (TPSA) is 122 Å². The lowest BCUT2D eigenvalue weighted by Gasteiger charge is -2.33. The molecule has 3 amide bonds. The highest BCUT2D eigenvalue weighted by molar-refractivity contribution is 5.94.